The average Bonchev–Trinajstić information content (AvgIpc) is 3.16. The lowest BCUT2D eigenvalue weighted by Crippen LogP contribution is -2.41. The molecule has 2 heterocycles. The fourth-order valence-electron chi connectivity index (χ4n) is 3.54. The molecule has 1 N–H and O–H groups in total. The zero-order valence-electron chi connectivity index (χ0n) is 17.1. The highest BCUT2D eigenvalue weighted by Crippen LogP contribution is 2.23. The summed E-state index contributed by atoms with van der Waals surface area (Å²) in [5, 5.41) is 9.85. The van der Waals surface area contributed by atoms with Crippen LogP contribution in [0.2, 0.25) is 0 Å². The molecule has 1 aromatic carbocycles. The number of hydrogen-bond acceptors (Lipinski definition) is 5. The van der Waals surface area contributed by atoms with Gasteiger partial charge in [-0.25, -0.2) is 4.98 Å². The number of hydrogen-bond donors (Lipinski definition) is 1. The number of ether oxygens (including phenoxy) is 1. The van der Waals surface area contributed by atoms with Crippen LogP contribution in [0.4, 0.5) is 0 Å². The normalized spacial score (nSPS) is 18.1. The third-order valence-electron chi connectivity index (χ3n) is 5.15. The van der Waals surface area contributed by atoms with Gasteiger partial charge in [-0.3, -0.25) is 9.69 Å². The molecule has 1 saturated heterocycles. The summed E-state index contributed by atoms with van der Waals surface area (Å²) in [5.74, 6) is 0.318. The number of amides is 1. The van der Waals surface area contributed by atoms with Crippen molar-refractivity contribution in [2.45, 2.75) is 25.5 Å². The first-order valence-electron chi connectivity index (χ1n) is 10.0. The van der Waals surface area contributed by atoms with Gasteiger partial charge in [0.15, 0.2) is 6.61 Å². The first-order chi connectivity index (χ1) is 14.1. The number of aliphatic hydroxyl groups is 1. The van der Waals surface area contributed by atoms with Gasteiger partial charge in [-0.05, 0) is 31.1 Å². The summed E-state index contributed by atoms with van der Waals surface area (Å²) in [6.07, 6.45) is 4.28. The minimum atomic E-state index is -0.286. The van der Waals surface area contributed by atoms with E-state index in [9.17, 15) is 9.90 Å². The van der Waals surface area contributed by atoms with Crippen LogP contribution in [0.3, 0.4) is 0 Å². The molecule has 29 heavy (non-hydrogen) atoms. The van der Waals surface area contributed by atoms with Crippen molar-refractivity contribution in [1.82, 2.24) is 14.8 Å². The van der Waals surface area contributed by atoms with Gasteiger partial charge in [0.1, 0.15) is 0 Å². The zero-order chi connectivity index (χ0) is 20.6. The zero-order valence-corrected chi connectivity index (χ0v) is 17.1. The molecule has 0 saturated carbocycles. The molecule has 6 heteroatoms. The van der Waals surface area contributed by atoms with Crippen molar-refractivity contribution in [3.63, 3.8) is 0 Å². The molecule has 3 rings (SSSR count). The Morgan fingerprint density at radius 3 is 2.79 bits per heavy atom. The molecule has 6 nitrogen and oxygen atoms in total. The second kappa shape index (κ2) is 10.2. The fourth-order valence-corrected chi connectivity index (χ4v) is 3.54. The summed E-state index contributed by atoms with van der Waals surface area (Å²) in [5.41, 5.74) is 1.86. The number of nitrogens with zero attached hydrogens (tertiary/aromatic N) is 3. The van der Waals surface area contributed by atoms with Crippen molar-refractivity contribution in [3.05, 3.63) is 65.9 Å². The largest absolute Gasteiger partial charge is 0.468 e. The molecular formula is C23H29N3O3. The Morgan fingerprint density at radius 1 is 1.31 bits per heavy atom. The maximum absolute atomic E-state index is 12.9. The number of benzene rings is 1. The van der Waals surface area contributed by atoms with Gasteiger partial charge in [0.05, 0.1) is 17.8 Å². The highest BCUT2D eigenvalue weighted by atomic mass is 16.5. The van der Waals surface area contributed by atoms with E-state index in [2.05, 4.69) is 9.88 Å². The minimum Gasteiger partial charge on any atom is -0.468 e. The number of rotatable bonds is 8. The van der Waals surface area contributed by atoms with Crippen molar-refractivity contribution in [2.24, 2.45) is 0 Å². The van der Waals surface area contributed by atoms with Crippen molar-refractivity contribution in [1.29, 1.82) is 0 Å². The maximum atomic E-state index is 12.9. The number of pyridine rings is 1. The van der Waals surface area contributed by atoms with Crippen molar-refractivity contribution in [3.8, 4) is 5.88 Å². The van der Waals surface area contributed by atoms with Crippen molar-refractivity contribution in [2.75, 3.05) is 33.3 Å². The third-order valence-corrected chi connectivity index (χ3v) is 5.15. The summed E-state index contributed by atoms with van der Waals surface area (Å²) < 4.78 is 5.66. The summed E-state index contributed by atoms with van der Waals surface area (Å²) in [6.45, 7) is 4.01. The number of aromatic nitrogens is 1. The lowest BCUT2D eigenvalue weighted by molar-refractivity contribution is -0.134. The lowest BCUT2D eigenvalue weighted by atomic mass is 10.0. The number of carbonyl (C=O) groups excluding carboxylic acids is 1. The topological polar surface area (TPSA) is 65.9 Å². The van der Waals surface area contributed by atoms with Crippen LogP contribution < -0.4 is 4.74 Å². The van der Waals surface area contributed by atoms with Gasteiger partial charge in [0.25, 0.3) is 5.91 Å². The highest BCUT2D eigenvalue weighted by molar-refractivity contribution is 5.78. The van der Waals surface area contributed by atoms with E-state index in [1.165, 1.54) is 0 Å². The maximum Gasteiger partial charge on any atom is 0.260 e. The van der Waals surface area contributed by atoms with Gasteiger partial charge in [-0.2, -0.15) is 0 Å². The molecule has 0 aliphatic carbocycles. The van der Waals surface area contributed by atoms with Crippen LogP contribution in [0.25, 0.3) is 6.08 Å². The number of carbonyl (C=O) groups is 1. The van der Waals surface area contributed by atoms with E-state index in [-0.39, 0.29) is 24.7 Å². The predicted octanol–water partition coefficient (Wildman–Crippen LogP) is 2.76. The second-order valence-electron chi connectivity index (χ2n) is 7.32. The Kier molecular flexibility index (Phi) is 7.38. The summed E-state index contributed by atoms with van der Waals surface area (Å²) in [7, 11) is 1.81. The molecule has 1 amide bonds. The standard InChI is InChI=1S/C23H29N3O3/c1-3-8-19-11-7-12-22(24-19)29-17-23(28)25(2)21(18-9-5-4-6-10-18)16-26-14-13-20(27)15-26/h3-12,20-21,27H,13-17H2,1-2H3. The van der Waals surface area contributed by atoms with Crippen LogP contribution in [-0.4, -0.2) is 65.2 Å². The van der Waals surface area contributed by atoms with Crippen LogP contribution in [-0.2, 0) is 4.79 Å². The van der Waals surface area contributed by atoms with E-state index in [4.69, 9.17) is 4.74 Å². The summed E-state index contributed by atoms with van der Waals surface area (Å²) >= 11 is 0. The van der Waals surface area contributed by atoms with E-state index in [0.29, 0.717) is 19.0 Å². The van der Waals surface area contributed by atoms with Crippen LogP contribution in [0, 0.1) is 0 Å². The molecule has 0 radical (unpaired) electrons. The molecule has 0 spiro atoms. The molecule has 0 bridgehead atoms. The molecule has 1 aliphatic rings. The number of likely N-dealkylation sites (tertiary alicyclic amines) is 1. The second-order valence-corrected chi connectivity index (χ2v) is 7.32. The van der Waals surface area contributed by atoms with E-state index < -0.39 is 0 Å². The first kappa shape index (κ1) is 21.0. The molecule has 1 aliphatic heterocycles. The van der Waals surface area contributed by atoms with Gasteiger partial charge in [0.2, 0.25) is 5.88 Å². The van der Waals surface area contributed by atoms with Crippen molar-refractivity contribution >= 4 is 12.0 Å². The summed E-state index contributed by atoms with van der Waals surface area (Å²) in [4.78, 5) is 21.2. The van der Waals surface area contributed by atoms with Gasteiger partial charge >= 0.3 is 0 Å². The van der Waals surface area contributed by atoms with Crippen LogP contribution in [0.5, 0.6) is 5.88 Å². The molecule has 1 aromatic heterocycles. The Labute approximate surface area is 172 Å². The average molecular weight is 396 g/mol. The fraction of sp³-hybridized carbons (Fsp3) is 0.391. The van der Waals surface area contributed by atoms with E-state index in [1.807, 2.05) is 61.5 Å². The Balaban J connectivity index is 1.67. The van der Waals surface area contributed by atoms with Crippen LogP contribution in [0.15, 0.2) is 54.6 Å². The molecule has 2 aromatic rings. The quantitative estimate of drug-likeness (QED) is 0.745. The Bertz CT molecular complexity index is 825. The lowest BCUT2D eigenvalue weighted by Gasteiger charge is -2.32. The monoisotopic (exact) mass is 395 g/mol. The highest BCUT2D eigenvalue weighted by Gasteiger charge is 2.28. The Morgan fingerprint density at radius 2 is 2.10 bits per heavy atom. The summed E-state index contributed by atoms with van der Waals surface area (Å²) in [6, 6.07) is 15.4. The van der Waals surface area contributed by atoms with Crippen LogP contribution in [0.1, 0.15) is 30.6 Å². The van der Waals surface area contributed by atoms with Gasteiger partial charge < -0.3 is 14.7 Å². The van der Waals surface area contributed by atoms with E-state index >= 15 is 0 Å². The van der Waals surface area contributed by atoms with Crippen molar-refractivity contribution < 1.29 is 14.6 Å². The molecule has 2 unspecified atom stereocenters. The Hall–Kier alpha value is -2.70. The molecule has 2 atom stereocenters. The molecule has 154 valence electrons. The van der Waals surface area contributed by atoms with Gasteiger partial charge in [-0.15, -0.1) is 0 Å². The number of likely N-dealkylation sites (N-methyl/N-ethyl adjacent to an activating group) is 1. The smallest absolute Gasteiger partial charge is 0.260 e. The predicted molar refractivity (Wildman–Crippen MR) is 113 cm³/mol. The van der Waals surface area contributed by atoms with Gasteiger partial charge in [-0.1, -0.05) is 42.5 Å². The van der Waals surface area contributed by atoms with Crippen LogP contribution >= 0.6 is 0 Å². The van der Waals surface area contributed by atoms with Gasteiger partial charge in [0, 0.05) is 32.7 Å². The molecular weight excluding hydrogens is 366 g/mol. The third kappa shape index (κ3) is 5.89. The number of β-amino-alcohol motifs (C(OH)–C–C–N with tert-alkyl or cyclic N) is 1. The van der Waals surface area contributed by atoms with E-state index in [1.54, 1.807) is 18.0 Å². The van der Waals surface area contributed by atoms with E-state index in [0.717, 1.165) is 24.2 Å². The SMILES string of the molecule is CC=Cc1cccc(OCC(=O)N(C)C(CN2CCC(O)C2)c2ccccc2)n1. The molecule has 1 fully saturated rings. The number of allylic oxidation sites excluding steroid dienone is 1. The first-order valence-corrected chi connectivity index (χ1v) is 10.0. The minimum absolute atomic E-state index is 0.0747. The number of aliphatic hydroxyl groups excluding tert-OH is 1.